The summed E-state index contributed by atoms with van der Waals surface area (Å²) >= 11 is 0. The van der Waals surface area contributed by atoms with Crippen LogP contribution in [0.2, 0.25) is 0 Å². The Labute approximate surface area is 116 Å². The van der Waals surface area contributed by atoms with Crippen LogP contribution >= 0.6 is 0 Å². The van der Waals surface area contributed by atoms with Gasteiger partial charge in [0.05, 0.1) is 16.6 Å². The van der Waals surface area contributed by atoms with E-state index in [1.54, 1.807) is 12.1 Å². The predicted octanol–water partition coefficient (Wildman–Crippen LogP) is 3.39. The van der Waals surface area contributed by atoms with E-state index in [1.165, 1.54) is 6.07 Å². The van der Waals surface area contributed by atoms with Crippen molar-refractivity contribution in [3.05, 3.63) is 69.3 Å². The molecule has 0 heterocycles. The highest BCUT2D eigenvalue weighted by molar-refractivity contribution is 5.64. The molecule has 2 rings (SSSR count). The molecule has 2 aromatic carbocycles. The second kappa shape index (κ2) is 5.85. The lowest BCUT2D eigenvalue weighted by molar-refractivity contribution is -0.384. The van der Waals surface area contributed by atoms with E-state index in [-0.39, 0.29) is 11.3 Å². The highest BCUT2D eigenvalue weighted by Gasteiger charge is 2.14. The van der Waals surface area contributed by atoms with Crippen molar-refractivity contribution in [1.82, 2.24) is 0 Å². The number of nitro benzene ring substituents is 1. The van der Waals surface area contributed by atoms with Crippen LogP contribution in [0.4, 0.5) is 11.4 Å². The Hall–Kier alpha value is -2.87. The van der Waals surface area contributed by atoms with Gasteiger partial charge in [0, 0.05) is 12.6 Å². The number of rotatable bonds is 4. The quantitative estimate of drug-likeness (QED) is 0.680. The summed E-state index contributed by atoms with van der Waals surface area (Å²) in [7, 11) is 0. The van der Waals surface area contributed by atoms with Crippen molar-refractivity contribution in [3.8, 4) is 6.07 Å². The number of hydrogen-bond acceptors (Lipinski definition) is 4. The number of nitrogens with one attached hydrogen (secondary N) is 1. The number of nitriles is 1. The first kappa shape index (κ1) is 13.6. The monoisotopic (exact) mass is 267 g/mol. The average molecular weight is 267 g/mol. The van der Waals surface area contributed by atoms with E-state index in [2.05, 4.69) is 5.32 Å². The Morgan fingerprint density at radius 2 is 1.95 bits per heavy atom. The maximum atomic E-state index is 11.0. The van der Waals surface area contributed by atoms with Crippen molar-refractivity contribution in [2.24, 2.45) is 0 Å². The highest BCUT2D eigenvalue weighted by Crippen LogP contribution is 2.25. The summed E-state index contributed by atoms with van der Waals surface area (Å²) in [4.78, 5) is 10.5. The van der Waals surface area contributed by atoms with Crippen LogP contribution < -0.4 is 5.32 Å². The van der Waals surface area contributed by atoms with Crippen molar-refractivity contribution in [1.29, 1.82) is 5.26 Å². The van der Waals surface area contributed by atoms with E-state index < -0.39 is 4.92 Å². The maximum absolute atomic E-state index is 11.0. The van der Waals surface area contributed by atoms with Gasteiger partial charge in [-0.2, -0.15) is 5.26 Å². The number of nitro groups is 1. The molecule has 100 valence electrons. The van der Waals surface area contributed by atoms with Crippen LogP contribution in [-0.4, -0.2) is 4.92 Å². The predicted molar refractivity (Wildman–Crippen MR) is 76.3 cm³/mol. The first-order valence-electron chi connectivity index (χ1n) is 6.08. The average Bonchev–Trinajstić information content (AvgIpc) is 2.46. The molecular formula is C15H13N3O2. The third-order valence-electron chi connectivity index (χ3n) is 2.93. The van der Waals surface area contributed by atoms with Crippen molar-refractivity contribution < 1.29 is 4.92 Å². The van der Waals surface area contributed by atoms with E-state index in [0.29, 0.717) is 12.2 Å². The molecule has 0 aliphatic rings. The van der Waals surface area contributed by atoms with Crippen molar-refractivity contribution in [2.75, 3.05) is 5.32 Å². The molecule has 0 unspecified atom stereocenters. The summed E-state index contributed by atoms with van der Waals surface area (Å²) in [5.74, 6) is 0. The summed E-state index contributed by atoms with van der Waals surface area (Å²) in [6.07, 6.45) is 0. The molecule has 0 radical (unpaired) electrons. The van der Waals surface area contributed by atoms with Gasteiger partial charge in [-0.1, -0.05) is 29.8 Å². The first-order chi connectivity index (χ1) is 9.60. The molecular weight excluding hydrogens is 254 g/mol. The molecule has 20 heavy (non-hydrogen) atoms. The molecule has 2 aromatic rings. The normalized spacial score (nSPS) is 9.80. The van der Waals surface area contributed by atoms with Crippen LogP contribution in [0.1, 0.15) is 16.7 Å². The van der Waals surface area contributed by atoms with Gasteiger partial charge in [-0.25, -0.2) is 0 Å². The lowest BCUT2D eigenvalue weighted by Gasteiger charge is -2.07. The minimum absolute atomic E-state index is 0.0869. The minimum atomic E-state index is -0.488. The fourth-order valence-electron chi connectivity index (χ4n) is 1.80. The molecule has 0 saturated heterocycles. The van der Waals surface area contributed by atoms with Gasteiger partial charge in [0.15, 0.2) is 0 Å². The molecule has 0 bridgehead atoms. The molecule has 0 amide bonds. The molecule has 5 heteroatoms. The van der Waals surface area contributed by atoms with Crippen molar-refractivity contribution in [2.45, 2.75) is 13.5 Å². The molecule has 0 saturated carbocycles. The second-order valence-corrected chi connectivity index (χ2v) is 4.44. The lowest BCUT2D eigenvalue weighted by Crippen LogP contribution is -2.03. The van der Waals surface area contributed by atoms with Gasteiger partial charge in [-0.15, -0.1) is 0 Å². The van der Waals surface area contributed by atoms with E-state index in [0.717, 1.165) is 11.1 Å². The smallest absolute Gasteiger partial charge is 0.293 e. The zero-order valence-corrected chi connectivity index (χ0v) is 11.0. The maximum Gasteiger partial charge on any atom is 0.293 e. The largest absolute Gasteiger partial charge is 0.375 e. The SMILES string of the molecule is Cc1ccc(CNc2ccc(C#N)cc2[N+](=O)[O-])cc1. The van der Waals surface area contributed by atoms with Gasteiger partial charge in [0.25, 0.3) is 5.69 Å². The molecule has 5 nitrogen and oxygen atoms in total. The Morgan fingerprint density at radius 1 is 1.25 bits per heavy atom. The van der Waals surface area contributed by atoms with Crippen LogP contribution in [0, 0.1) is 28.4 Å². The molecule has 1 N–H and O–H groups in total. The van der Waals surface area contributed by atoms with Crippen LogP contribution in [0.5, 0.6) is 0 Å². The molecule has 0 spiro atoms. The topological polar surface area (TPSA) is 79.0 Å². The summed E-state index contributed by atoms with van der Waals surface area (Å²) in [5, 5.41) is 22.8. The first-order valence-corrected chi connectivity index (χ1v) is 6.08. The van der Waals surface area contributed by atoms with Gasteiger partial charge in [0.2, 0.25) is 0 Å². The summed E-state index contributed by atoms with van der Waals surface area (Å²) in [5.41, 5.74) is 2.80. The van der Waals surface area contributed by atoms with Crippen molar-refractivity contribution in [3.63, 3.8) is 0 Å². The van der Waals surface area contributed by atoms with Crippen LogP contribution in [0.15, 0.2) is 42.5 Å². The third kappa shape index (κ3) is 3.12. The van der Waals surface area contributed by atoms with E-state index in [9.17, 15) is 10.1 Å². The standard InChI is InChI=1S/C15H13N3O2/c1-11-2-4-12(5-3-11)10-17-14-7-6-13(9-16)8-15(14)18(19)20/h2-8,17H,10H2,1H3. The van der Waals surface area contributed by atoms with Gasteiger partial charge in [-0.05, 0) is 24.6 Å². The van der Waals surface area contributed by atoms with Crippen LogP contribution in [0.3, 0.4) is 0 Å². The number of benzene rings is 2. The number of aryl methyl sites for hydroxylation is 1. The van der Waals surface area contributed by atoms with Gasteiger partial charge < -0.3 is 5.32 Å². The Kier molecular flexibility index (Phi) is 3.96. The van der Waals surface area contributed by atoms with Crippen molar-refractivity contribution >= 4 is 11.4 Å². The summed E-state index contributed by atoms with van der Waals surface area (Å²) in [6, 6.07) is 14.2. The zero-order valence-electron chi connectivity index (χ0n) is 11.0. The lowest BCUT2D eigenvalue weighted by atomic mass is 10.1. The van der Waals surface area contributed by atoms with Crippen LogP contribution in [-0.2, 0) is 6.54 Å². The summed E-state index contributed by atoms with van der Waals surface area (Å²) in [6.45, 7) is 2.50. The van der Waals surface area contributed by atoms with Gasteiger partial charge >= 0.3 is 0 Å². The minimum Gasteiger partial charge on any atom is -0.375 e. The fourth-order valence-corrected chi connectivity index (χ4v) is 1.80. The van der Waals surface area contributed by atoms with E-state index in [1.807, 2.05) is 37.3 Å². The Bertz CT molecular complexity index is 673. The van der Waals surface area contributed by atoms with Gasteiger partial charge in [-0.3, -0.25) is 10.1 Å². The summed E-state index contributed by atoms with van der Waals surface area (Å²) < 4.78 is 0. The molecule has 0 aliphatic heterocycles. The Balaban J connectivity index is 2.19. The molecule has 0 aliphatic carbocycles. The molecule has 0 atom stereocenters. The second-order valence-electron chi connectivity index (χ2n) is 4.44. The zero-order chi connectivity index (χ0) is 14.5. The van der Waals surface area contributed by atoms with Gasteiger partial charge in [0.1, 0.15) is 5.69 Å². The third-order valence-corrected chi connectivity index (χ3v) is 2.93. The highest BCUT2D eigenvalue weighted by atomic mass is 16.6. The number of hydrogen-bond donors (Lipinski definition) is 1. The molecule has 0 fully saturated rings. The number of anilines is 1. The van der Waals surface area contributed by atoms with E-state index >= 15 is 0 Å². The fraction of sp³-hybridized carbons (Fsp3) is 0.133. The number of nitrogens with zero attached hydrogens (tertiary/aromatic N) is 2. The van der Waals surface area contributed by atoms with Crippen LogP contribution in [0.25, 0.3) is 0 Å². The molecule has 0 aromatic heterocycles. The Morgan fingerprint density at radius 3 is 2.55 bits per heavy atom. The van der Waals surface area contributed by atoms with E-state index in [4.69, 9.17) is 5.26 Å².